The fourth-order valence-electron chi connectivity index (χ4n) is 2.79. The van der Waals surface area contributed by atoms with Gasteiger partial charge in [0.25, 0.3) is 0 Å². The molecule has 0 bridgehead atoms. The smallest absolute Gasteiger partial charge is 0.0948 e. The highest BCUT2D eigenvalue weighted by atomic mass is 15.1. The Bertz CT molecular complexity index is 391. The van der Waals surface area contributed by atoms with Crippen molar-refractivity contribution < 1.29 is 0 Å². The highest BCUT2D eigenvalue weighted by Gasteiger charge is 2.33. The van der Waals surface area contributed by atoms with Crippen LogP contribution in [-0.2, 0) is 12.0 Å². The molecule has 4 nitrogen and oxygen atoms in total. The highest BCUT2D eigenvalue weighted by molar-refractivity contribution is 5.17. The summed E-state index contributed by atoms with van der Waals surface area (Å²) in [5, 5.41) is 3.47. The summed E-state index contributed by atoms with van der Waals surface area (Å²) in [5.41, 5.74) is 1.66. The molecule has 1 aromatic heterocycles. The molecule has 1 aromatic rings. The molecular formula is C15H28N4. The molecule has 108 valence electrons. The van der Waals surface area contributed by atoms with Crippen molar-refractivity contribution >= 4 is 0 Å². The summed E-state index contributed by atoms with van der Waals surface area (Å²) in [6, 6.07) is 0.624. The van der Waals surface area contributed by atoms with Gasteiger partial charge >= 0.3 is 0 Å². The Morgan fingerprint density at radius 3 is 2.95 bits per heavy atom. The van der Waals surface area contributed by atoms with Crippen LogP contribution in [0, 0.1) is 0 Å². The van der Waals surface area contributed by atoms with E-state index in [1.54, 1.807) is 0 Å². The Hall–Kier alpha value is -0.870. The number of rotatable bonds is 6. The van der Waals surface area contributed by atoms with Crippen LogP contribution in [-0.4, -0.2) is 47.2 Å². The zero-order chi connectivity index (χ0) is 13.9. The van der Waals surface area contributed by atoms with Crippen molar-refractivity contribution in [3.8, 4) is 0 Å². The van der Waals surface area contributed by atoms with Crippen molar-refractivity contribution in [3.63, 3.8) is 0 Å². The molecule has 1 aliphatic heterocycles. The predicted octanol–water partition coefficient (Wildman–Crippen LogP) is 1.86. The molecule has 1 fully saturated rings. The van der Waals surface area contributed by atoms with Crippen LogP contribution in [0.3, 0.4) is 0 Å². The molecule has 1 atom stereocenters. The average Bonchev–Trinajstić information content (AvgIpc) is 2.98. The van der Waals surface area contributed by atoms with Crippen molar-refractivity contribution in [2.75, 3.05) is 26.7 Å². The van der Waals surface area contributed by atoms with Crippen LogP contribution >= 0.6 is 0 Å². The number of hydrogen-bond donors (Lipinski definition) is 1. The summed E-state index contributed by atoms with van der Waals surface area (Å²) >= 11 is 0. The molecule has 0 radical (unpaired) electrons. The minimum Gasteiger partial charge on any atom is -0.334 e. The van der Waals surface area contributed by atoms with Crippen molar-refractivity contribution in [2.45, 2.75) is 51.6 Å². The zero-order valence-corrected chi connectivity index (χ0v) is 12.8. The third kappa shape index (κ3) is 3.37. The van der Waals surface area contributed by atoms with Crippen molar-refractivity contribution in [2.24, 2.45) is 0 Å². The van der Waals surface area contributed by atoms with E-state index in [9.17, 15) is 0 Å². The standard InChI is InChI=1S/C15H28N4/c1-13(2)18(4)8-5-9-19-12-17-10-14(19)15(3)6-7-16-11-15/h10,12-13,16H,5-9,11H2,1-4H3. The molecule has 4 heteroatoms. The lowest BCUT2D eigenvalue weighted by molar-refractivity contribution is 0.264. The molecule has 0 amide bonds. The topological polar surface area (TPSA) is 33.1 Å². The van der Waals surface area contributed by atoms with E-state index in [0.717, 1.165) is 26.2 Å². The second-order valence-corrected chi connectivity index (χ2v) is 6.39. The first-order chi connectivity index (χ1) is 9.03. The van der Waals surface area contributed by atoms with E-state index < -0.39 is 0 Å². The number of aromatic nitrogens is 2. The average molecular weight is 264 g/mol. The third-order valence-electron chi connectivity index (χ3n) is 4.49. The molecule has 0 spiro atoms. The van der Waals surface area contributed by atoms with Crippen molar-refractivity contribution in [1.82, 2.24) is 19.8 Å². The molecule has 1 N–H and O–H groups in total. The number of imidazole rings is 1. The molecular weight excluding hydrogens is 236 g/mol. The van der Waals surface area contributed by atoms with E-state index in [4.69, 9.17) is 0 Å². The lowest BCUT2D eigenvalue weighted by atomic mass is 9.86. The maximum Gasteiger partial charge on any atom is 0.0948 e. The lowest BCUT2D eigenvalue weighted by Crippen LogP contribution is -2.30. The van der Waals surface area contributed by atoms with Gasteiger partial charge in [0.1, 0.15) is 0 Å². The van der Waals surface area contributed by atoms with Crippen LogP contribution in [0.1, 0.15) is 39.3 Å². The number of aryl methyl sites for hydroxylation is 1. The number of hydrogen-bond acceptors (Lipinski definition) is 3. The lowest BCUT2D eigenvalue weighted by Gasteiger charge is -2.25. The first kappa shape index (κ1) is 14.5. The molecule has 0 aromatic carbocycles. The largest absolute Gasteiger partial charge is 0.334 e. The first-order valence-corrected chi connectivity index (χ1v) is 7.44. The zero-order valence-electron chi connectivity index (χ0n) is 12.8. The van der Waals surface area contributed by atoms with Crippen molar-refractivity contribution in [1.29, 1.82) is 0 Å². The normalized spacial score (nSPS) is 23.7. The van der Waals surface area contributed by atoms with Gasteiger partial charge in [-0.25, -0.2) is 4.98 Å². The van der Waals surface area contributed by atoms with Gasteiger partial charge in [-0.1, -0.05) is 6.92 Å². The summed E-state index contributed by atoms with van der Waals surface area (Å²) in [6.07, 6.45) is 6.44. The SMILES string of the molecule is CC(C)N(C)CCCn1cncc1C1(C)CCNC1. The number of nitrogens with one attached hydrogen (secondary N) is 1. The Morgan fingerprint density at radius 1 is 1.53 bits per heavy atom. The predicted molar refractivity (Wildman–Crippen MR) is 79.4 cm³/mol. The Morgan fingerprint density at radius 2 is 2.32 bits per heavy atom. The fourth-order valence-corrected chi connectivity index (χ4v) is 2.79. The Balaban J connectivity index is 1.93. The van der Waals surface area contributed by atoms with E-state index in [1.165, 1.54) is 18.5 Å². The van der Waals surface area contributed by atoms with Gasteiger partial charge in [-0.2, -0.15) is 0 Å². The quantitative estimate of drug-likeness (QED) is 0.851. The van der Waals surface area contributed by atoms with Crippen LogP contribution in [0.15, 0.2) is 12.5 Å². The maximum absolute atomic E-state index is 4.37. The van der Waals surface area contributed by atoms with Gasteiger partial charge in [0.05, 0.1) is 6.33 Å². The summed E-state index contributed by atoms with van der Waals surface area (Å²) in [7, 11) is 2.20. The van der Waals surface area contributed by atoms with E-state index in [-0.39, 0.29) is 5.41 Å². The van der Waals surface area contributed by atoms with Crippen LogP contribution in [0.25, 0.3) is 0 Å². The highest BCUT2D eigenvalue weighted by Crippen LogP contribution is 2.29. The summed E-state index contributed by atoms with van der Waals surface area (Å²) < 4.78 is 2.35. The maximum atomic E-state index is 4.37. The second kappa shape index (κ2) is 6.06. The fraction of sp³-hybridized carbons (Fsp3) is 0.800. The van der Waals surface area contributed by atoms with Crippen LogP contribution in [0.5, 0.6) is 0 Å². The minimum atomic E-state index is 0.264. The van der Waals surface area contributed by atoms with E-state index in [2.05, 4.69) is 53.8 Å². The Kier molecular flexibility index (Phi) is 4.63. The van der Waals surface area contributed by atoms with E-state index in [0.29, 0.717) is 6.04 Å². The van der Waals surface area contributed by atoms with Gasteiger partial charge in [-0.15, -0.1) is 0 Å². The van der Waals surface area contributed by atoms with E-state index >= 15 is 0 Å². The number of nitrogens with zero attached hydrogens (tertiary/aromatic N) is 3. The monoisotopic (exact) mass is 264 g/mol. The molecule has 1 unspecified atom stereocenters. The summed E-state index contributed by atoms with van der Waals surface area (Å²) in [6.45, 7) is 11.2. The minimum absolute atomic E-state index is 0.264. The van der Waals surface area contributed by atoms with Gasteiger partial charge in [-0.3, -0.25) is 0 Å². The Labute approximate surface area is 117 Å². The molecule has 1 aliphatic rings. The molecule has 19 heavy (non-hydrogen) atoms. The summed E-state index contributed by atoms with van der Waals surface area (Å²) in [4.78, 5) is 6.76. The molecule has 2 rings (SSSR count). The van der Waals surface area contributed by atoms with Gasteiger partial charge in [0.15, 0.2) is 0 Å². The van der Waals surface area contributed by atoms with E-state index in [1.807, 2.05) is 6.33 Å². The van der Waals surface area contributed by atoms with Gasteiger partial charge in [0.2, 0.25) is 0 Å². The van der Waals surface area contributed by atoms with Crippen LogP contribution < -0.4 is 5.32 Å². The molecule has 0 saturated carbocycles. The molecule has 2 heterocycles. The van der Waals surface area contributed by atoms with Gasteiger partial charge in [0, 0.05) is 36.4 Å². The second-order valence-electron chi connectivity index (χ2n) is 6.39. The molecule has 1 saturated heterocycles. The van der Waals surface area contributed by atoms with Crippen LogP contribution in [0.2, 0.25) is 0 Å². The summed E-state index contributed by atoms with van der Waals surface area (Å²) in [5.74, 6) is 0. The van der Waals surface area contributed by atoms with Gasteiger partial charge in [-0.05, 0) is 46.8 Å². The van der Waals surface area contributed by atoms with Crippen molar-refractivity contribution in [3.05, 3.63) is 18.2 Å². The molecule has 0 aliphatic carbocycles. The third-order valence-corrected chi connectivity index (χ3v) is 4.49. The van der Waals surface area contributed by atoms with Crippen LogP contribution in [0.4, 0.5) is 0 Å². The van der Waals surface area contributed by atoms with Gasteiger partial charge < -0.3 is 14.8 Å². The first-order valence-electron chi connectivity index (χ1n) is 7.44.